The molecule has 89 valence electrons. The van der Waals surface area contributed by atoms with E-state index in [2.05, 4.69) is 19.2 Å². The lowest BCUT2D eigenvalue weighted by Gasteiger charge is -2.13. The fourth-order valence-corrected chi connectivity index (χ4v) is 1.44. The van der Waals surface area contributed by atoms with Crippen LogP contribution in [0.2, 0.25) is 0 Å². The highest BCUT2D eigenvalue weighted by Gasteiger charge is 2.10. The lowest BCUT2D eigenvalue weighted by molar-refractivity contribution is -0.119. The summed E-state index contributed by atoms with van der Waals surface area (Å²) in [6.07, 6.45) is 5.79. The smallest absolute Gasteiger partial charge is 0.227 e. The van der Waals surface area contributed by atoms with Gasteiger partial charge in [-0.05, 0) is 25.7 Å². The molecule has 1 amide bonds. The highest BCUT2D eigenvalue weighted by Crippen LogP contribution is 2.11. The topological polar surface area (TPSA) is 29.1 Å². The molecular weight excluding hydrogens is 186 g/mol. The van der Waals surface area contributed by atoms with Gasteiger partial charge in [0.1, 0.15) is 0 Å². The maximum Gasteiger partial charge on any atom is 0.227 e. The van der Waals surface area contributed by atoms with Crippen LogP contribution in [0.5, 0.6) is 0 Å². The van der Waals surface area contributed by atoms with Gasteiger partial charge in [-0.15, -0.1) is 0 Å². The van der Waals surface area contributed by atoms with Crippen molar-refractivity contribution in [2.24, 2.45) is 5.92 Å². The van der Waals surface area contributed by atoms with Crippen molar-refractivity contribution in [3.8, 4) is 0 Å². The van der Waals surface area contributed by atoms with Gasteiger partial charge in [-0.2, -0.15) is 0 Å². The monoisotopic (exact) mass is 212 g/mol. The minimum Gasteiger partial charge on any atom is -0.356 e. The van der Waals surface area contributed by atoms with Crippen molar-refractivity contribution in [2.45, 2.75) is 59.8 Å². The molecule has 0 aromatic carbocycles. The Labute approximate surface area is 94.8 Å². The Morgan fingerprint density at radius 1 is 1.27 bits per heavy atom. The zero-order chi connectivity index (χ0) is 11.7. The molecule has 0 fully saturated rings. The molecule has 0 saturated heterocycles. The predicted octanol–water partition coefficient (Wildman–Crippen LogP) is 3.32. The molecule has 0 aliphatic carbocycles. The summed E-state index contributed by atoms with van der Waals surface area (Å²) in [5, 5.41) is 2.96. The molecule has 2 heteroatoms. The second-order valence-corrected chi connectivity index (χ2v) is 4.43. The van der Waals surface area contributed by atoms with Crippen molar-refractivity contribution < 1.29 is 4.79 Å². The number of carbonyl (C=O) groups excluding carboxylic acids is 1. The summed E-state index contributed by atoms with van der Waals surface area (Å²) >= 11 is 0. The van der Waals surface area contributed by atoms with Crippen molar-refractivity contribution in [3.63, 3.8) is 0 Å². The summed E-state index contributed by atoms with van der Waals surface area (Å²) in [7, 11) is 0. The molecule has 0 rings (SSSR count). The standard InChI is InChI=1S/C13H26NO/c1-5-7-8-11(3)9-10-14-13(15)12(4)6-2/h11H,5-10H2,1-4H3,(H,14,15). The highest BCUT2D eigenvalue weighted by atomic mass is 16.1. The van der Waals surface area contributed by atoms with Gasteiger partial charge in [0.15, 0.2) is 0 Å². The maximum atomic E-state index is 11.4. The Bertz CT molecular complexity index is 168. The maximum absolute atomic E-state index is 11.4. The lowest BCUT2D eigenvalue weighted by atomic mass is 10.0. The van der Waals surface area contributed by atoms with Gasteiger partial charge in [-0.3, -0.25) is 4.79 Å². The second-order valence-electron chi connectivity index (χ2n) is 4.43. The third-order valence-corrected chi connectivity index (χ3v) is 2.89. The van der Waals surface area contributed by atoms with E-state index in [1.54, 1.807) is 0 Å². The minimum atomic E-state index is 0.125. The van der Waals surface area contributed by atoms with Gasteiger partial charge in [0.2, 0.25) is 5.91 Å². The van der Waals surface area contributed by atoms with Crippen molar-refractivity contribution in [2.75, 3.05) is 6.54 Å². The van der Waals surface area contributed by atoms with E-state index in [4.69, 9.17) is 0 Å². The fourth-order valence-electron chi connectivity index (χ4n) is 1.44. The number of hydrogen-bond donors (Lipinski definition) is 1. The third kappa shape index (κ3) is 7.40. The number of amides is 1. The van der Waals surface area contributed by atoms with E-state index >= 15 is 0 Å². The Kier molecular flexibility index (Phi) is 8.44. The number of unbranched alkanes of at least 4 members (excludes halogenated alkanes) is 1. The first-order valence-corrected chi connectivity index (χ1v) is 6.22. The zero-order valence-electron chi connectivity index (χ0n) is 10.7. The summed E-state index contributed by atoms with van der Waals surface area (Å²) < 4.78 is 0. The average Bonchev–Trinajstić information content (AvgIpc) is 2.24. The largest absolute Gasteiger partial charge is 0.356 e. The normalized spacial score (nSPS) is 12.9. The van der Waals surface area contributed by atoms with E-state index in [1.807, 2.05) is 13.8 Å². The molecule has 1 atom stereocenters. The third-order valence-electron chi connectivity index (χ3n) is 2.89. The molecule has 1 unspecified atom stereocenters. The number of nitrogens with one attached hydrogen (secondary N) is 1. The first-order valence-electron chi connectivity index (χ1n) is 6.22. The van der Waals surface area contributed by atoms with Gasteiger partial charge in [0.25, 0.3) is 0 Å². The predicted molar refractivity (Wildman–Crippen MR) is 65.5 cm³/mol. The molecule has 15 heavy (non-hydrogen) atoms. The van der Waals surface area contributed by atoms with Crippen LogP contribution in [0.15, 0.2) is 0 Å². The fraction of sp³-hybridized carbons (Fsp3) is 0.846. The van der Waals surface area contributed by atoms with Gasteiger partial charge in [-0.1, -0.05) is 40.0 Å². The van der Waals surface area contributed by atoms with Gasteiger partial charge in [0.05, 0.1) is 5.92 Å². The number of hydrogen-bond acceptors (Lipinski definition) is 1. The molecule has 0 aliphatic rings. The van der Waals surface area contributed by atoms with Crippen LogP contribution in [0.25, 0.3) is 0 Å². The molecule has 0 saturated carbocycles. The van der Waals surface area contributed by atoms with Crippen molar-refractivity contribution >= 4 is 5.91 Å². The summed E-state index contributed by atoms with van der Waals surface area (Å²) in [6.45, 7) is 9.21. The van der Waals surface area contributed by atoms with Crippen molar-refractivity contribution in [1.82, 2.24) is 5.32 Å². The van der Waals surface area contributed by atoms with E-state index < -0.39 is 0 Å². The molecular formula is C13H26NO. The van der Waals surface area contributed by atoms with E-state index in [0.29, 0.717) is 0 Å². The molecule has 0 aliphatic heterocycles. The molecule has 0 bridgehead atoms. The van der Waals surface area contributed by atoms with Crippen LogP contribution in [0, 0.1) is 11.8 Å². The van der Waals surface area contributed by atoms with Crippen LogP contribution < -0.4 is 5.32 Å². The Morgan fingerprint density at radius 3 is 2.47 bits per heavy atom. The average molecular weight is 212 g/mol. The van der Waals surface area contributed by atoms with Gasteiger partial charge in [-0.25, -0.2) is 0 Å². The van der Waals surface area contributed by atoms with E-state index in [0.717, 1.165) is 31.2 Å². The van der Waals surface area contributed by atoms with E-state index in [1.165, 1.54) is 19.3 Å². The summed E-state index contributed by atoms with van der Waals surface area (Å²) in [4.78, 5) is 11.4. The van der Waals surface area contributed by atoms with Crippen LogP contribution in [0.1, 0.15) is 59.8 Å². The van der Waals surface area contributed by atoms with Crippen molar-refractivity contribution in [3.05, 3.63) is 5.92 Å². The van der Waals surface area contributed by atoms with Gasteiger partial charge >= 0.3 is 0 Å². The molecule has 1 radical (unpaired) electrons. The SMILES string of the molecule is CCCCC(C)CCNC(=O)[C](C)CC. The number of rotatable bonds is 8. The van der Waals surface area contributed by atoms with Crippen LogP contribution in [0.3, 0.4) is 0 Å². The Balaban J connectivity index is 3.48. The Hall–Kier alpha value is -0.530. The van der Waals surface area contributed by atoms with Crippen LogP contribution in [0.4, 0.5) is 0 Å². The van der Waals surface area contributed by atoms with Crippen LogP contribution in [-0.4, -0.2) is 12.5 Å². The van der Waals surface area contributed by atoms with Gasteiger partial charge < -0.3 is 5.32 Å². The first kappa shape index (κ1) is 14.5. The molecule has 1 N–H and O–H groups in total. The van der Waals surface area contributed by atoms with Crippen molar-refractivity contribution in [1.29, 1.82) is 0 Å². The summed E-state index contributed by atoms with van der Waals surface area (Å²) in [5.74, 6) is 1.78. The molecule has 0 aromatic rings. The Morgan fingerprint density at radius 2 is 1.93 bits per heavy atom. The molecule has 0 aromatic heterocycles. The highest BCUT2D eigenvalue weighted by molar-refractivity contribution is 5.89. The van der Waals surface area contributed by atoms with Crippen LogP contribution in [-0.2, 0) is 4.79 Å². The van der Waals surface area contributed by atoms with Crippen LogP contribution >= 0.6 is 0 Å². The quantitative estimate of drug-likeness (QED) is 0.657. The lowest BCUT2D eigenvalue weighted by Crippen LogP contribution is -2.29. The number of carbonyl (C=O) groups is 1. The molecule has 2 nitrogen and oxygen atoms in total. The molecule has 0 spiro atoms. The second kappa shape index (κ2) is 8.75. The first-order chi connectivity index (χ1) is 7.11. The van der Waals surface area contributed by atoms with E-state index in [-0.39, 0.29) is 5.91 Å². The minimum absolute atomic E-state index is 0.125. The summed E-state index contributed by atoms with van der Waals surface area (Å²) in [5.41, 5.74) is 0. The summed E-state index contributed by atoms with van der Waals surface area (Å²) in [6, 6.07) is 0. The zero-order valence-corrected chi connectivity index (χ0v) is 10.7. The molecule has 0 heterocycles. The van der Waals surface area contributed by atoms with Gasteiger partial charge in [0, 0.05) is 6.54 Å². The van der Waals surface area contributed by atoms with E-state index in [9.17, 15) is 4.79 Å².